The molecule has 0 aromatic carbocycles. The molecule has 1 heterocycles. The van der Waals surface area contributed by atoms with E-state index in [1.54, 1.807) is 0 Å². The fourth-order valence-corrected chi connectivity index (χ4v) is 1.14. The molecule has 2 rings (SSSR count). The Morgan fingerprint density at radius 1 is 1.56 bits per heavy atom. The fourth-order valence-electron chi connectivity index (χ4n) is 1.14. The van der Waals surface area contributed by atoms with Gasteiger partial charge in [0.05, 0.1) is 6.04 Å². The van der Waals surface area contributed by atoms with Crippen molar-refractivity contribution < 1.29 is 4.79 Å². The number of amides is 2. The van der Waals surface area contributed by atoms with Gasteiger partial charge in [-0.05, 0) is 0 Å². The molecule has 2 unspecified atom stereocenters. The second kappa shape index (κ2) is 1.50. The highest BCUT2D eigenvalue weighted by molar-refractivity contribution is 5.76. The Morgan fingerprint density at radius 3 is 2.89 bits per heavy atom. The molecule has 1 fully saturated rings. The quantitative estimate of drug-likeness (QED) is 0.433. The SMILES string of the molecule is O=C1NCC2C=CC2N1. The van der Waals surface area contributed by atoms with Crippen molar-refractivity contribution in [1.82, 2.24) is 10.6 Å². The van der Waals surface area contributed by atoms with E-state index in [-0.39, 0.29) is 6.03 Å². The highest BCUT2D eigenvalue weighted by Gasteiger charge is 2.29. The first-order chi connectivity index (χ1) is 4.36. The topological polar surface area (TPSA) is 41.1 Å². The van der Waals surface area contributed by atoms with Crippen LogP contribution in [0.3, 0.4) is 0 Å². The van der Waals surface area contributed by atoms with Crippen molar-refractivity contribution in [3.05, 3.63) is 12.2 Å². The molecule has 9 heavy (non-hydrogen) atoms. The van der Waals surface area contributed by atoms with Crippen molar-refractivity contribution in [3.8, 4) is 0 Å². The number of nitrogens with one attached hydrogen (secondary N) is 2. The van der Waals surface area contributed by atoms with E-state index in [0.29, 0.717) is 12.0 Å². The summed E-state index contributed by atoms with van der Waals surface area (Å²) < 4.78 is 0. The van der Waals surface area contributed by atoms with Gasteiger partial charge >= 0.3 is 6.03 Å². The van der Waals surface area contributed by atoms with Crippen LogP contribution >= 0.6 is 0 Å². The number of urea groups is 1. The summed E-state index contributed by atoms with van der Waals surface area (Å²) >= 11 is 0. The van der Waals surface area contributed by atoms with Crippen LogP contribution in [0.15, 0.2) is 12.2 Å². The molecule has 48 valence electrons. The van der Waals surface area contributed by atoms with Crippen LogP contribution in [-0.2, 0) is 0 Å². The van der Waals surface area contributed by atoms with Crippen LogP contribution in [0.1, 0.15) is 0 Å². The Labute approximate surface area is 53.1 Å². The third-order valence-corrected chi connectivity index (χ3v) is 1.82. The van der Waals surface area contributed by atoms with Crippen LogP contribution in [0.2, 0.25) is 0 Å². The average molecular weight is 124 g/mol. The van der Waals surface area contributed by atoms with Crippen molar-refractivity contribution >= 4 is 6.03 Å². The zero-order valence-corrected chi connectivity index (χ0v) is 4.92. The Kier molecular flexibility index (Phi) is 0.806. The first-order valence-electron chi connectivity index (χ1n) is 3.09. The summed E-state index contributed by atoms with van der Waals surface area (Å²) in [6.07, 6.45) is 4.13. The average Bonchev–Trinajstić information content (AvgIpc) is 1.78. The highest BCUT2D eigenvalue weighted by atomic mass is 16.2. The van der Waals surface area contributed by atoms with Crippen molar-refractivity contribution in [2.75, 3.05) is 6.54 Å². The molecule has 2 amide bonds. The molecule has 1 aliphatic carbocycles. The van der Waals surface area contributed by atoms with Crippen LogP contribution in [-0.4, -0.2) is 18.6 Å². The van der Waals surface area contributed by atoms with E-state index in [0.717, 1.165) is 6.54 Å². The minimum atomic E-state index is -0.0411. The molecule has 0 spiro atoms. The summed E-state index contributed by atoms with van der Waals surface area (Å²) in [6.45, 7) is 0.799. The van der Waals surface area contributed by atoms with Gasteiger partial charge in [-0.25, -0.2) is 4.79 Å². The number of hydrogen-bond donors (Lipinski definition) is 2. The fraction of sp³-hybridized carbons (Fsp3) is 0.500. The van der Waals surface area contributed by atoms with Crippen LogP contribution < -0.4 is 10.6 Å². The lowest BCUT2D eigenvalue weighted by Crippen LogP contribution is -2.56. The van der Waals surface area contributed by atoms with Gasteiger partial charge in [0.25, 0.3) is 0 Å². The van der Waals surface area contributed by atoms with Crippen LogP contribution in [0.5, 0.6) is 0 Å². The summed E-state index contributed by atoms with van der Waals surface area (Å²) in [5.41, 5.74) is 0. The molecule has 0 radical (unpaired) electrons. The molecule has 0 bridgehead atoms. The van der Waals surface area contributed by atoms with E-state index < -0.39 is 0 Å². The standard InChI is InChI=1S/C6H8N2O/c9-6-7-3-4-1-2-5(4)8-6/h1-2,4-5H,3H2,(H2,7,8,9). The van der Waals surface area contributed by atoms with E-state index in [9.17, 15) is 4.79 Å². The maximum absolute atomic E-state index is 10.6. The van der Waals surface area contributed by atoms with Gasteiger partial charge in [0.2, 0.25) is 0 Å². The second-order valence-electron chi connectivity index (χ2n) is 2.43. The minimum absolute atomic E-state index is 0.0411. The molecule has 0 aromatic heterocycles. The summed E-state index contributed by atoms with van der Waals surface area (Å²) in [6, 6.07) is 0.277. The van der Waals surface area contributed by atoms with E-state index >= 15 is 0 Å². The number of fused-ring (bicyclic) bond motifs is 1. The summed E-state index contributed by atoms with van der Waals surface area (Å²) in [4.78, 5) is 10.6. The first-order valence-corrected chi connectivity index (χ1v) is 3.09. The number of rotatable bonds is 0. The zero-order chi connectivity index (χ0) is 6.27. The summed E-state index contributed by atoms with van der Waals surface area (Å²) in [7, 11) is 0. The molecule has 0 aromatic rings. The third-order valence-electron chi connectivity index (χ3n) is 1.82. The van der Waals surface area contributed by atoms with Gasteiger partial charge in [-0.2, -0.15) is 0 Å². The lowest BCUT2D eigenvalue weighted by molar-refractivity contribution is 0.223. The summed E-state index contributed by atoms with van der Waals surface area (Å²) in [5.74, 6) is 0.544. The van der Waals surface area contributed by atoms with Crippen LogP contribution in [0.4, 0.5) is 4.79 Å². The van der Waals surface area contributed by atoms with Crippen molar-refractivity contribution in [2.24, 2.45) is 5.92 Å². The van der Waals surface area contributed by atoms with Gasteiger partial charge in [0.1, 0.15) is 0 Å². The van der Waals surface area contributed by atoms with Crippen LogP contribution in [0.25, 0.3) is 0 Å². The molecule has 3 nitrogen and oxygen atoms in total. The summed E-state index contributed by atoms with van der Waals surface area (Å²) in [5, 5.41) is 5.49. The third kappa shape index (κ3) is 0.608. The molecule has 2 N–H and O–H groups in total. The molecular weight excluding hydrogens is 116 g/mol. The normalized spacial score (nSPS) is 38.0. The molecule has 0 saturated carbocycles. The molecule has 1 aliphatic heterocycles. The monoisotopic (exact) mass is 124 g/mol. The molecule has 3 heteroatoms. The van der Waals surface area contributed by atoms with E-state index in [2.05, 4.69) is 16.7 Å². The predicted molar refractivity (Wildman–Crippen MR) is 33.0 cm³/mol. The number of carbonyl (C=O) groups excluding carboxylic acids is 1. The molecule has 2 aliphatic rings. The second-order valence-corrected chi connectivity index (χ2v) is 2.43. The van der Waals surface area contributed by atoms with Gasteiger partial charge in [0, 0.05) is 12.5 Å². The van der Waals surface area contributed by atoms with Crippen molar-refractivity contribution in [3.63, 3.8) is 0 Å². The molecular formula is C6H8N2O. The van der Waals surface area contributed by atoms with Gasteiger partial charge in [-0.3, -0.25) is 0 Å². The maximum atomic E-state index is 10.6. The Hall–Kier alpha value is -0.990. The van der Waals surface area contributed by atoms with Crippen molar-refractivity contribution in [1.29, 1.82) is 0 Å². The number of hydrogen-bond acceptors (Lipinski definition) is 1. The maximum Gasteiger partial charge on any atom is 0.315 e. The van der Waals surface area contributed by atoms with E-state index in [1.165, 1.54) is 0 Å². The van der Waals surface area contributed by atoms with E-state index in [1.807, 2.05) is 6.08 Å². The van der Waals surface area contributed by atoms with Gasteiger partial charge in [-0.15, -0.1) is 0 Å². The Balaban J connectivity index is 2.09. The molecule has 2 atom stereocenters. The largest absolute Gasteiger partial charge is 0.337 e. The smallest absolute Gasteiger partial charge is 0.315 e. The van der Waals surface area contributed by atoms with Gasteiger partial charge < -0.3 is 10.6 Å². The van der Waals surface area contributed by atoms with Crippen LogP contribution in [0, 0.1) is 5.92 Å². The zero-order valence-electron chi connectivity index (χ0n) is 4.92. The first kappa shape index (κ1) is 4.85. The van der Waals surface area contributed by atoms with E-state index in [4.69, 9.17) is 0 Å². The van der Waals surface area contributed by atoms with Gasteiger partial charge in [0.15, 0.2) is 0 Å². The predicted octanol–water partition coefficient (Wildman–Crippen LogP) is -0.146. The Morgan fingerprint density at radius 2 is 2.44 bits per heavy atom. The Bertz CT molecular complexity index is 176. The lowest BCUT2D eigenvalue weighted by atomic mass is 9.88. The van der Waals surface area contributed by atoms with Gasteiger partial charge in [-0.1, -0.05) is 12.2 Å². The lowest BCUT2D eigenvalue weighted by Gasteiger charge is -2.34. The molecule has 1 saturated heterocycles. The van der Waals surface area contributed by atoms with Crippen molar-refractivity contribution in [2.45, 2.75) is 6.04 Å². The number of carbonyl (C=O) groups is 1. The minimum Gasteiger partial charge on any atom is -0.337 e. The highest BCUT2D eigenvalue weighted by Crippen LogP contribution is 2.18.